The smallest absolute Gasteiger partial charge is 0.234 e. The Balaban J connectivity index is 1.69. The summed E-state index contributed by atoms with van der Waals surface area (Å²) in [7, 11) is 1.80. The molecule has 134 valence electrons. The minimum absolute atomic E-state index is 0.115. The predicted molar refractivity (Wildman–Crippen MR) is 106 cm³/mol. The third-order valence-electron chi connectivity index (χ3n) is 3.67. The van der Waals surface area contributed by atoms with Crippen LogP contribution < -0.4 is 5.32 Å². The van der Waals surface area contributed by atoms with Crippen molar-refractivity contribution < 1.29 is 9.90 Å². The summed E-state index contributed by atoms with van der Waals surface area (Å²) in [6, 6.07) is 12.8. The van der Waals surface area contributed by atoms with E-state index in [9.17, 15) is 9.90 Å². The van der Waals surface area contributed by atoms with Crippen LogP contribution in [-0.4, -0.2) is 31.5 Å². The van der Waals surface area contributed by atoms with Gasteiger partial charge in [-0.05, 0) is 42.8 Å². The molecule has 0 unspecified atom stereocenters. The van der Waals surface area contributed by atoms with Crippen LogP contribution >= 0.6 is 27.7 Å². The molecule has 0 fully saturated rings. The standard InChI is InChI=1S/C18H17BrN4O2S/c1-11-4-3-5-13(8-11)20-16(25)10-26-18-22-21-17(23(18)2)14-9-12(19)6-7-15(14)24/h3-9,24H,10H2,1-2H3,(H,20,25). The molecule has 0 saturated heterocycles. The van der Waals surface area contributed by atoms with Crippen molar-refractivity contribution >= 4 is 39.3 Å². The van der Waals surface area contributed by atoms with Gasteiger partial charge in [0.2, 0.25) is 5.91 Å². The zero-order chi connectivity index (χ0) is 18.7. The average molecular weight is 433 g/mol. The maximum Gasteiger partial charge on any atom is 0.234 e. The lowest BCUT2D eigenvalue weighted by molar-refractivity contribution is -0.113. The van der Waals surface area contributed by atoms with Gasteiger partial charge in [0, 0.05) is 17.2 Å². The summed E-state index contributed by atoms with van der Waals surface area (Å²) >= 11 is 4.67. The van der Waals surface area contributed by atoms with E-state index in [-0.39, 0.29) is 17.4 Å². The van der Waals surface area contributed by atoms with Crippen LogP contribution in [-0.2, 0) is 11.8 Å². The van der Waals surface area contributed by atoms with Crippen LogP contribution in [0.15, 0.2) is 52.1 Å². The molecule has 1 heterocycles. The number of amides is 1. The molecule has 3 aromatic rings. The first-order valence-electron chi connectivity index (χ1n) is 7.81. The van der Waals surface area contributed by atoms with Gasteiger partial charge in [-0.15, -0.1) is 10.2 Å². The molecule has 2 aromatic carbocycles. The number of anilines is 1. The quantitative estimate of drug-likeness (QED) is 0.595. The normalized spacial score (nSPS) is 10.7. The molecule has 0 aliphatic carbocycles. The van der Waals surface area contributed by atoms with Gasteiger partial charge in [-0.3, -0.25) is 4.79 Å². The van der Waals surface area contributed by atoms with Gasteiger partial charge in [0.1, 0.15) is 5.75 Å². The van der Waals surface area contributed by atoms with E-state index in [0.29, 0.717) is 16.5 Å². The molecule has 26 heavy (non-hydrogen) atoms. The van der Waals surface area contributed by atoms with Gasteiger partial charge >= 0.3 is 0 Å². The number of aryl methyl sites for hydroxylation is 1. The van der Waals surface area contributed by atoms with Crippen LogP contribution in [0.4, 0.5) is 5.69 Å². The topological polar surface area (TPSA) is 80.0 Å². The minimum atomic E-state index is -0.115. The van der Waals surface area contributed by atoms with Crippen molar-refractivity contribution in [1.29, 1.82) is 0 Å². The molecular formula is C18H17BrN4O2S. The van der Waals surface area contributed by atoms with Gasteiger partial charge in [-0.2, -0.15) is 0 Å². The molecule has 6 nitrogen and oxygen atoms in total. The molecule has 1 amide bonds. The lowest BCUT2D eigenvalue weighted by atomic mass is 10.2. The molecule has 0 aliphatic heterocycles. The van der Waals surface area contributed by atoms with Crippen LogP contribution in [0.3, 0.4) is 0 Å². The maximum atomic E-state index is 12.1. The number of aromatic hydroxyl groups is 1. The zero-order valence-electron chi connectivity index (χ0n) is 14.2. The lowest BCUT2D eigenvalue weighted by Gasteiger charge is -2.07. The second-order valence-electron chi connectivity index (χ2n) is 5.73. The van der Waals surface area contributed by atoms with Crippen molar-refractivity contribution in [3.63, 3.8) is 0 Å². The van der Waals surface area contributed by atoms with Crippen LogP contribution in [0, 0.1) is 6.92 Å². The maximum absolute atomic E-state index is 12.1. The average Bonchev–Trinajstić information content (AvgIpc) is 2.96. The Morgan fingerprint density at radius 3 is 2.85 bits per heavy atom. The van der Waals surface area contributed by atoms with E-state index in [1.54, 1.807) is 29.8 Å². The van der Waals surface area contributed by atoms with Gasteiger partial charge in [-0.1, -0.05) is 39.8 Å². The Hall–Kier alpha value is -2.32. The number of rotatable bonds is 5. The number of nitrogens with one attached hydrogen (secondary N) is 1. The highest BCUT2D eigenvalue weighted by Crippen LogP contribution is 2.32. The number of thioether (sulfide) groups is 1. The van der Waals surface area contributed by atoms with Crippen molar-refractivity contribution in [2.24, 2.45) is 7.05 Å². The number of hydrogen-bond donors (Lipinski definition) is 2. The lowest BCUT2D eigenvalue weighted by Crippen LogP contribution is -2.14. The monoisotopic (exact) mass is 432 g/mol. The van der Waals surface area contributed by atoms with Gasteiger partial charge < -0.3 is 15.0 Å². The highest BCUT2D eigenvalue weighted by atomic mass is 79.9. The van der Waals surface area contributed by atoms with E-state index in [0.717, 1.165) is 15.7 Å². The summed E-state index contributed by atoms with van der Waals surface area (Å²) in [5.74, 6) is 0.753. The number of phenols is 1. The van der Waals surface area contributed by atoms with Crippen molar-refractivity contribution in [3.05, 3.63) is 52.5 Å². The summed E-state index contributed by atoms with van der Waals surface area (Å²) in [6.07, 6.45) is 0. The van der Waals surface area contributed by atoms with Crippen LogP contribution in [0.1, 0.15) is 5.56 Å². The molecule has 0 spiro atoms. The molecule has 0 bridgehead atoms. The summed E-state index contributed by atoms with van der Waals surface area (Å²) < 4.78 is 2.59. The van der Waals surface area contributed by atoms with E-state index in [1.165, 1.54) is 11.8 Å². The number of halogens is 1. The number of carbonyl (C=O) groups excluding carboxylic acids is 1. The number of benzene rings is 2. The van der Waals surface area contributed by atoms with Crippen LogP contribution in [0.2, 0.25) is 0 Å². The Kier molecular flexibility index (Phi) is 5.63. The first kappa shape index (κ1) is 18.5. The van der Waals surface area contributed by atoms with Gasteiger partial charge in [0.15, 0.2) is 11.0 Å². The van der Waals surface area contributed by atoms with Crippen molar-refractivity contribution in [2.75, 3.05) is 11.1 Å². The highest BCUT2D eigenvalue weighted by molar-refractivity contribution is 9.10. The fraction of sp³-hybridized carbons (Fsp3) is 0.167. The fourth-order valence-corrected chi connectivity index (χ4v) is 3.48. The zero-order valence-corrected chi connectivity index (χ0v) is 16.6. The largest absolute Gasteiger partial charge is 0.507 e. The Morgan fingerprint density at radius 1 is 1.27 bits per heavy atom. The Bertz CT molecular complexity index is 958. The summed E-state index contributed by atoms with van der Waals surface area (Å²) in [5, 5.41) is 21.8. The predicted octanol–water partition coefficient (Wildman–Crippen LogP) is 3.99. The number of hydrogen-bond acceptors (Lipinski definition) is 5. The second-order valence-corrected chi connectivity index (χ2v) is 7.59. The first-order chi connectivity index (χ1) is 12.4. The molecular weight excluding hydrogens is 416 g/mol. The number of nitrogens with zero attached hydrogens (tertiary/aromatic N) is 3. The molecule has 0 saturated carbocycles. The molecule has 0 atom stereocenters. The second kappa shape index (κ2) is 7.92. The van der Waals surface area contributed by atoms with Crippen LogP contribution in [0.25, 0.3) is 11.4 Å². The summed E-state index contributed by atoms with van der Waals surface area (Å²) in [4.78, 5) is 12.1. The van der Waals surface area contributed by atoms with E-state index in [1.807, 2.05) is 31.2 Å². The van der Waals surface area contributed by atoms with E-state index in [2.05, 4.69) is 31.4 Å². The summed E-state index contributed by atoms with van der Waals surface area (Å²) in [5.41, 5.74) is 2.43. The van der Waals surface area contributed by atoms with Crippen molar-refractivity contribution in [1.82, 2.24) is 14.8 Å². The number of aromatic nitrogens is 3. The molecule has 3 rings (SSSR count). The number of phenolic OH excluding ortho intramolecular Hbond substituents is 1. The SMILES string of the molecule is Cc1cccc(NC(=O)CSc2nnc(-c3cc(Br)ccc3O)n2C)c1. The van der Waals surface area contributed by atoms with Gasteiger partial charge in [-0.25, -0.2) is 0 Å². The van der Waals surface area contributed by atoms with Crippen molar-refractivity contribution in [2.45, 2.75) is 12.1 Å². The number of carbonyl (C=O) groups is 1. The molecule has 1 aromatic heterocycles. The van der Waals surface area contributed by atoms with E-state index < -0.39 is 0 Å². The van der Waals surface area contributed by atoms with Crippen LogP contribution in [0.5, 0.6) is 5.75 Å². The minimum Gasteiger partial charge on any atom is -0.507 e. The third kappa shape index (κ3) is 4.25. The molecule has 0 radical (unpaired) electrons. The third-order valence-corrected chi connectivity index (χ3v) is 5.18. The molecule has 0 aliphatic rings. The summed E-state index contributed by atoms with van der Waals surface area (Å²) in [6.45, 7) is 1.98. The fourth-order valence-electron chi connectivity index (χ4n) is 2.41. The Labute approximate surface area is 163 Å². The van der Waals surface area contributed by atoms with Crippen molar-refractivity contribution in [3.8, 4) is 17.1 Å². The Morgan fingerprint density at radius 2 is 2.08 bits per heavy atom. The molecule has 2 N–H and O–H groups in total. The molecule has 8 heteroatoms. The van der Waals surface area contributed by atoms with E-state index in [4.69, 9.17) is 0 Å². The van der Waals surface area contributed by atoms with Gasteiger partial charge in [0.25, 0.3) is 0 Å². The first-order valence-corrected chi connectivity index (χ1v) is 9.59. The van der Waals surface area contributed by atoms with E-state index >= 15 is 0 Å². The highest BCUT2D eigenvalue weighted by Gasteiger charge is 2.16. The van der Waals surface area contributed by atoms with Gasteiger partial charge in [0.05, 0.1) is 11.3 Å².